The number of rotatable bonds is 10. The van der Waals surface area contributed by atoms with Crippen LogP contribution in [0.25, 0.3) is 17.1 Å². The monoisotopic (exact) mass is 519 g/mol. The molecule has 8 nitrogen and oxygen atoms in total. The second kappa shape index (κ2) is 12.3. The average Bonchev–Trinajstić information content (AvgIpc) is 3.36. The van der Waals surface area contributed by atoms with Gasteiger partial charge in [-0.2, -0.15) is 5.10 Å². The molecule has 0 bridgehead atoms. The minimum atomic E-state index is -0.243. The molecule has 0 saturated heterocycles. The number of carbonyl (C=O) groups is 1. The first kappa shape index (κ1) is 25.3. The van der Waals surface area contributed by atoms with Crippen LogP contribution in [0.3, 0.4) is 0 Å². The van der Waals surface area contributed by atoms with Crippen LogP contribution in [0.1, 0.15) is 5.56 Å². The molecule has 1 N–H and O–H groups in total. The summed E-state index contributed by atoms with van der Waals surface area (Å²) < 4.78 is 12.5. The quantitative estimate of drug-likeness (QED) is 0.181. The van der Waals surface area contributed by atoms with Crippen molar-refractivity contribution in [2.75, 3.05) is 26.2 Å². The Kier molecular flexibility index (Phi) is 8.64. The van der Waals surface area contributed by atoms with Crippen molar-refractivity contribution in [2.24, 2.45) is 5.10 Å². The molecule has 0 aliphatic rings. The van der Waals surface area contributed by atoms with Crippen molar-refractivity contribution in [3.05, 3.63) is 78.4 Å². The van der Waals surface area contributed by atoms with Crippen LogP contribution in [-0.2, 0) is 4.79 Å². The fourth-order valence-corrected chi connectivity index (χ4v) is 4.44. The van der Waals surface area contributed by atoms with E-state index >= 15 is 0 Å². The molecule has 1 amide bonds. The van der Waals surface area contributed by atoms with Crippen LogP contribution in [0.15, 0.2) is 87.9 Å². The van der Waals surface area contributed by atoms with Crippen LogP contribution in [-0.4, -0.2) is 53.1 Å². The van der Waals surface area contributed by atoms with Crippen LogP contribution in [0, 0.1) is 0 Å². The molecule has 184 valence electrons. The summed E-state index contributed by atoms with van der Waals surface area (Å²) in [5.41, 5.74) is 5.20. The molecule has 0 saturated carbocycles. The molecule has 4 rings (SSSR count). The summed E-state index contributed by atoms with van der Waals surface area (Å²) in [7, 11) is 3.25. The maximum atomic E-state index is 12.4. The zero-order chi connectivity index (χ0) is 25.3. The maximum Gasteiger partial charge on any atom is 0.250 e. The van der Waals surface area contributed by atoms with Crippen molar-refractivity contribution in [2.45, 2.75) is 10.1 Å². The van der Waals surface area contributed by atoms with E-state index in [1.165, 1.54) is 16.7 Å². The van der Waals surface area contributed by atoms with E-state index in [1.54, 1.807) is 32.2 Å². The van der Waals surface area contributed by atoms with Crippen LogP contribution >= 0.6 is 23.5 Å². The fraction of sp³-hybridized carbons (Fsp3) is 0.154. The fourth-order valence-electron chi connectivity index (χ4n) is 3.29. The van der Waals surface area contributed by atoms with E-state index < -0.39 is 0 Å². The smallest absolute Gasteiger partial charge is 0.250 e. The van der Waals surface area contributed by atoms with Gasteiger partial charge in [-0.1, -0.05) is 23.9 Å². The standard InChI is InChI=1S/C26H25N5O3S2/c1-33-21-10-6-19(7-11-21)25-29-30-26(31(25)20-8-12-22(34-2)13-9-20)36-17-24(32)28-27-16-18-4-14-23(35-3)15-5-18/h4-16H,17H2,1-3H3,(H,28,32)/b27-16-. The number of hydrogen-bond acceptors (Lipinski definition) is 8. The molecule has 10 heteroatoms. The molecule has 0 atom stereocenters. The first-order chi connectivity index (χ1) is 17.6. The lowest BCUT2D eigenvalue weighted by Gasteiger charge is -2.11. The van der Waals surface area contributed by atoms with Gasteiger partial charge in [0.2, 0.25) is 0 Å². The summed E-state index contributed by atoms with van der Waals surface area (Å²) in [5, 5.41) is 13.4. The molecule has 0 aliphatic carbocycles. The third-order valence-corrected chi connectivity index (χ3v) is 6.84. The van der Waals surface area contributed by atoms with Gasteiger partial charge in [-0.05, 0) is 72.5 Å². The minimum absolute atomic E-state index is 0.125. The van der Waals surface area contributed by atoms with Crippen molar-refractivity contribution in [1.29, 1.82) is 0 Å². The second-order valence-corrected chi connectivity index (χ2v) is 9.25. The van der Waals surface area contributed by atoms with Crippen LogP contribution in [0.4, 0.5) is 0 Å². The predicted octanol–water partition coefficient (Wildman–Crippen LogP) is 4.92. The Morgan fingerprint density at radius 2 is 1.58 bits per heavy atom. The number of nitrogens with zero attached hydrogens (tertiary/aromatic N) is 4. The zero-order valence-electron chi connectivity index (χ0n) is 20.0. The Hall–Kier alpha value is -3.76. The summed E-state index contributed by atoms with van der Waals surface area (Å²) in [5.74, 6) is 2.03. The molecule has 0 unspecified atom stereocenters. The molecule has 1 aromatic heterocycles. The van der Waals surface area contributed by atoms with E-state index in [2.05, 4.69) is 20.7 Å². The summed E-state index contributed by atoms with van der Waals surface area (Å²) in [6, 6.07) is 23.1. The Morgan fingerprint density at radius 3 is 2.19 bits per heavy atom. The van der Waals surface area contributed by atoms with Crippen molar-refractivity contribution < 1.29 is 14.3 Å². The number of ether oxygens (including phenoxy) is 2. The summed E-state index contributed by atoms with van der Waals surface area (Å²) in [6.45, 7) is 0. The lowest BCUT2D eigenvalue weighted by atomic mass is 10.2. The Labute approximate surface area is 218 Å². The third-order valence-electron chi connectivity index (χ3n) is 5.16. The number of hydrogen-bond donors (Lipinski definition) is 1. The molecule has 0 radical (unpaired) electrons. The normalized spacial score (nSPS) is 11.0. The second-order valence-electron chi connectivity index (χ2n) is 7.42. The number of thioether (sulfide) groups is 2. The van der Waals surface area contributed by atoms with Gasteiger partial charge in [0.1, 0.15) is 11.5 Å². The number of benzene rings is 3. The molecular weight excluding hydrogens is 494 g/mol. The summed E-state index contributed by atoms with van der Waals surface area (Å²) in [4.78, 5) is 13.6. The Balaban J connectivity index is 1.50. The van der Waals surface area contributed by atoms with E-state index in [4.69, 9.17) is 9.47 Å². The zero-order valence-corrected chi connectivity index (χ0v) is 21.7. The van der Waals surface area contributed by atoms with E-state index in [0.717, 1.165) is 28.3 Å². The van der Waals surface area contributed by atoms with Gasteiger partial charge in [-0.15, -0.1) is 22.0 Å². The van der Waals surface area contributed by atoms with Gasteiger partial charge in [0.05, 0.1) is 26.2 Å². The van der Waals surface area contributed by atoms with E-state index in [0.29, 0.717) is 11.0 Å². The molecule has 1 heterocycles. The minimum Gasteiger partial charge on any atom is -0.497 e. The number of amides is 1. The molecule has 36 heavy (non-hydrogen) atoms. The highest BCUT2D eigenvalue weighted by molar-refractivity contribution is 7.99. The van der Waals surface area contributed by atoms with Gasteiger partial charge in [-0.25, -0.2) is 5.43 Å². The van der Waals surface area contributed by atoms with Gasteiger partial charge in [0, 0.05) is 16.1 Å². The number of aromatic nitrogens is 3. The Bertz CT molecular complexity index is 1320. The number of carbonyl (C=O) groups excluding carboxylic acids is 1. The highest BCUT2D eigenvalue weighted by Gasteiger charge is 2.17. The maximum absolute atomic E-state index is 12.4. The predicted molar refractivity (Wildman–Crippen MR) is 145 cm³/mol. The topological polar surface area (TPSA) is 90.6 Å². The van der Waals surface area contributed by atoms with Crippen LogP contribution in [0.5, 0.6) is 11.5 Å². The molecular formula is C26H25N5O3S2. The number of methoxy groups -OCH3 is 2. The molecule has 3 aromatic carbocycles. The molecule has 0 fully saturated rings. The van der Waals surface area contributed by atoms with Crippen molar-refractivity contribution in [1.82, 2.24) is 20.2 Å². The largest absolute Gasteiger partial charge is 0.497 e. The third kappa shape index (κ3) is 6.27. The number of nitrogens with one attached hydrogen (secondary N) is 1. The van der Waals surface area contributed by atoms with Crippen molar-refractivity contribution >= 4 is 35.6 Å². The van der Waals surface area contributed by atoms with Gasteiger partial charge in [0.25, 0.3) is 5.91 Å². The first-order valence-electron chi connectivity index (χ1n) is 10.9. The van der Waals surface area contributed by atoms with Gasteiger partial charge in [0.15, 0.2) is 11.0 Å². The molecule has 4 aromatic rings. The van der Waals surface area contributed by atoms with Crippen LogP contribution < -0.4 is 14.9 Å². The highest BCUT2D eigenvalue weighted by Crippen LogP contribution is 2.29. The lowest BCUT2D eigenvalue weighted by Crippen LogP contribution is -2.20. The molecule has 0 spiro atoms. The highest BCUT2D eigenvalue weighted by atomic mass is 32.2. The van der Waals surface area contributed by atoms with Gasteiger partial charge >= 0.3 is 0 Å². The van der Waals surface area contributed by atoms with E-state index in [1.807, 2.05) is 83.6 Å². The van der Waals surface area contributed by atoms with Gasteiger partial charge in [-0.3, -0.25) is 9.36 Å². The number of hydrazone groups is 1. The van der Waals surface area contributed by atoms with E-state index in [-0.39, 0.29) is 11.7 Å². The van der Waals surface area contributed by atoms with E-state index in [9.17, 15) is 4.79 Å². The Morgan fingerprint density at radius 1 is 0.944 bits per heavy atom. The summed E-state index contributed by atoms with van der Waals surface area (Å²) in [6.07, 6.45) is 3.64. The van der Waals surface area contributed by atoms with Crippen molar-refractivity contribution in [3.63, 3.8) is 0 Å². The first-order valence-corrected chi connectivity index (χ1v) is 13.2. The lowest BCUT2D eigenvalue weighted by molar-refractivity contribution is -0.118. The average molecular weight is 520 g/mol. The van der Waals surface area contributed by atoms with Gasteiger partial charge < -0.3 is 9.47 Å². The van der Waals surface area contributed by atoms with Crippen molar-refractivity contribution in [3.8, 4) is 28.6 Å². The van der Waals surface area contributed by atoms with Crippen LogP contribution in [0.2, 0.25) is 0 Å². The molecule has 0 aliphatic heterocycles. The summed E-state index contributed by atoms with van der Waals surface area (Å²) >= 11 is 2.95. The SMILES string of the molecule is COc1ccc(-c2nnc(SCC(=O)N/N=C\c3ccc(SC)cc3)n2-c2ccc(OC)cc2)cc1.